The standard InChI is InChI=1S/C14H17N5O2S/c1-15-12(20)9-22-14-17-8-11(19(14)3)13(21)18(2)10-5-4-6-16-7-10/h4-8H,9H2,1-3H3,(H,15,20). The van der Waals surface area contributed by atoms with E-state index in [9.17, 15) is 9.59 Å². The third kappa shape index (κ3) is 3.45. The number of pyridine rings is 1. The summed E-state index contributed by atoms with van der Waals surface area (Å²) in [5.74, 6) is -0.0175. The average molecular weight is 319 g/mol. The van der Waals surface area contributed by atoms with Gasteiger partial charge in [0.2, 0.25) is 5.91 Å². The summed E-state index contributed by atoms with van der Waals surface area (Å²) in [6.45, 7) is 0. The number of anilines is 1. The van der Waals surface area contributed by atoms with Gasteiger partial charge in [0.25, 0.3) is 5.91 Å². The van der Waals surface area contributed by atoms with E-state index in [0.29, 0.717) is 16.5 Å². The van der Waals surface area contributed by atoms with Crippen LogP contribution in [-0.2, 0) is 11.8 Å². The number of carbonyl (C=O) groups excluding carboxylic acids is 2. The topological polar surface area (TPSA) is 80.1 Å². The average Bonchev–Trinajstić information content (AvgIpc) is 2.92. The van der Waals surface area contributed by atoms with Crippen LogP contribution in [0.15, 0.2) is 35.9 Å². The molecule has 116 valence electrons. The fraction of sp³-hybridized carbons (Fsp3) is 0.286. The molecule has 0 spiro atoms. The van der Waals surface area contributed by atoms with Gasteiger partial charge in [-0.15, -0.1) is 0 Å². The number of hydrogen-bond acceptors (Lipinski definition) is 5. The fourth-order valence-electron chi connectivity index (χ4n) is 1.77. The molecule has 0 radical (unpaired) electrons. The van der Waals surface area contributed by atoms with Crippen molar-refractivity contribution in [2.45, 2.75) is 5.16 Å². The van der Waals surface area contributed by atoms with E-state index in [0.717, 1.165) is 0 Å². The van der Waals surface area contributed by atoms with E-state index < -0.39 is 0 Å². The smallest absolute Gasteiger partial charge is 0.276 e. The summed E-state index contributed by atoms with van der Waals surface area (Å²) < 4.78 is 1.68. The first-order chi connectivity index (χ1) is 10.5. The van der Waals surface area contributed by atoms with Crippen LogP contribution in [0.5, 0.6) is 0 Å². The molecule has 2 amide bonds. The van der Waals surface area contributed by atoms with E-state index in [1.807, 2.05) is 6.07 Å². The molecule has 0 aromatic carbocycles. The molecule has 2 rings (SSSR count). The number of imidazole rings is 1. The number of hydrogen-bond donors (Lipinski definition) is 1. The number of aromatic nitrogens is 3. The summed E-state index contributed by atoms with van der Waals surface area (Å²) in [6, 6.07) is 3.58. The molecule has 0 aliphatic carbocycles. The van der Waals surface area contributed by atoms with Crippen molar-refractivity contribution in [3.05, 3.63) is 36.4 Å². The Hall–Kier alpha value is -2.35. The molecule has 0 atom stereocenters. The van der Waals surface area contributed by atoms with Gasteiger partial charge in [-0.1, -0.05) is 11.8 Å². The Bertz CT molecular complexity index is 671. The predicted molar refractivity (Wildman–Crippen MR) is 85.0 cm³/mol. The lowest BCUT2D eigenvalue weighted by molar-refractivity contribution is -0.118. The summed E-state index contributed by atoms with van der Waals surface area (Å²) in [4.78, 5) is 33.5. The number of nitrogens with zero attached hydrogens (tertiary/aromatic N) is 4. The van der Waals surface area contributed by atoms with Gasteiger partial charge in [0.15, 0.2) is 5.16 Å². The maximum Gasteiger partial charge on any atom is 0.276 e. The zero-order valence-corrected chi connectivity index (χ0v) is 13.4. The van der Waals surface area contributed by atoms with Crippen molar-refractivity contribution in [3.63, 3.8) is 0 Å². The van der Waals surface area contributed by atoms with Crippen LogP contribution in [0.1, 0.15) is 10.5 Å². The highest BCUT2D eigenvalue weighted by Crippen LogP contribution is 2.19. The van der Waals surface area contributed by atoms with E-state index in [-0.39, 0.29) is 17.6 Å². The Morgan fingerprint density at radius 1 is 1.41 bits per heavy atom. The molecule has 0 unspecified atom stereocenters. The SMILES string of the molecule is CNC(=O)CSc1ncc(C(=O)N(C)c2cccnc2)n1C. The normalized spacial score (nSPS) is 10.3. The van der Waals surface area contributed by atoms with E-state index in [4.69, 9.17) is 0 Å². The van der Waals surface area contributed by atoms with Crippen LogP contribution in [0.3, 0.4) is 0 Å². The second-order valence-corrected chi connectivity index (χ2v) is 5.46. The summed E-state index contributed by atoms with van der Waals surface area (Å²) >= 11 is 1.28. The highest BCUT2D eigenvalue weighted by Gasteiger charge is 2.19. The lowest BCUT2D eigenvalue weighted by Gasteiger charge is -2.16. The molecule has 2 heterocycles. The first-order valence-electron chi connectivity index (χ1n) is 6.57. The molecule has 0 fully saturated rings. The Balaban J connectivity index is 2.14. The Morgan fingerprint density at radius 2 is 2.18 bits per heavy atom. The van der Waals surface area contributed by atoms with Gasteiger partial charge in [-0.2, -0.15) is 0 Å². The number of rotatable bonds is 5. The monoisotopic (exact) mass is 319 g/mol. The lowest BCUT2D eigenvalue weighted by Crippen LogP contribution is -2.28. The predicted octanol–water partition coefficient (Wildman–Crippen LogP) is 0.930. The van der Waals surface area contributed by atoms with Crippen molar-refractivity contribution in [2.24, 2.45) is 7.05 Å². The second kappa shape index (κ2) is 7.08. The molecule has 0 saturated carbocycles. The molecule has 22 heavy (non-hydrogen) atoms. The Morgan fingerprint density at radius 3 is 2.82 bits per heavy atom. The first kappa shape index (κ1) is 16.0. The van der Waals surface area contributed by atoms with Gasteiger partial charge in [0, 0.05) is 27.3 Å². The van der Waals surface area contributed by atoms with Crippen LogP contribution in [0.4, 0.5) is 5.69 Å². The molecule has 2 aromatic heterocycles. The minimum absolute atomic E-state index is 0.0895. The lowest BCUT2D eigenvalue weighted by atomic mass is 10.3. The van der Waals surface area contributed by atoms with E-state index in [1.54, 1.807) is 44.2 Å². The minimum atomic E-state index is -0.185. The highest BCUT2D eigenvalue weighted by atomic mass is 32.2. The van der Waals surface area contributed by atoms with Gasteiger partial charge in [-0.05, 0) is 12.1 Å². The van der Waals surface area contributed by atoms with E-state index >= 15 is 0 Å². The molecule has 1 N–H and O–H groups in total. The summed E-state index contributed by atoms with van der Waals surface area (Å²) in [5, 5.41) is 3.16. The number of carbonyl (C=O) groups is 2. The van der Waals surface area contributed by atoms with Crippen molar-refractivity contribution < 1.29 is 9.59 Å². The second-order valence-electron chi connectivity index (χ2n) is 4.52. The van der Waals surface area contributed by atoms with Crippen molar-refractivity contribution >= 4 is 29.3 Å². The molecular formula is C14H17N5O2S. The fourth-order valence-corrected chi connectivity index (χ4v) is 2.59. The quantitative estimate of drug-likeness (QED) is 0.829. The largest absolute Gasteiger partial charge is 0.358 e. The van der Waals surface area contributed by atoms with E-state index in [1.165, 1.54) is 22.9 Å². The zero-order chi connectivity index (χ0) is 16.1. The zero-order valence-electron chi connectivity index (χ0n) is 12.6. The minimum Gasteiger partial charge on any atom is -0.358 e. The number of thioether (sulfide) groups is 1. The molecule has 0 aliphatic rings. The third-order valence-electron chi connectivity index (χ3n) is 3.11. The van der Waals surface area contributed by atoms with Crippen LogP contribution >= 0.6 is 11.8 Å². The molecule has 2 aromatic rings. The maximum atomic E-state index is 12.5. The number of amides is 2. The van der Waals surface area contributed by atoms with Gasteiger partial charge in [0.1, 0.15) is 5.69 Å². The Labute approximate surface area is 132 Å². The van der Waals surface area contributed by atoms with E-state index in [2.05, 4.69) is 15.3 Å². The van der Waals surface area contributed by atoms with Gasteiger partial charge >= 0.3 is 0 Å². The first-order valence-corrected chi connectivity index (χ1v) is 7.56. The molecular weight excluding hydrogens is 302 g/mol. The molecule has 7 nitrogen and oxygen atoms in total. The molecule has 0 aliphatic heterocycles. The van der Waals surface area contributed by atoms with Crippen LogP contribution < -0.4 is 10.2 Å². The van der Waals surface area contributed by atoms with Crippen LogP contribution in [0.2, 0.25) is 0 Å². The number of nitrogens with one attached hydrogen (secondary N) is 1. The van der Waals surface area contributed by atoms with Crippen LogP contribution in [0, 0.1) is 0 Å². The van der Waals surface area contributed by atoms with Crippen molar-refractivity contribution in [2.75, 3.05) is 24.7 Å². The summed E-state index contributed by atoms with van der Waals surface area (Å²) in [6.07, 6.45) is 4.79. The Kier molecular flexibility index (Phi) is 5.16. The van der Waals surface area contributed by atoms with Crippen LogP contribution in [-0.4, -0.2) is 46.2 Å². The highest BCUT2D eigenvalue weighted by molar-refractivity contribution is 7.99. The van der Waals surface area contributed by atoms with Gasteiger partial charge in [-0.25, -0.2) is 4.98 Å². The van der Waals surface area contributed by atoms with Gasteiger partial charge in [0.05, 0.1) is 23.8 Å². The maximum absolute atomic E-state index is 12.5. The van der Waals surface area contributed by atoms with Crippen LogP contribution in [0.25, 0.3) is 0 Å². The summed E-state index contributed by atoms with van der Waals surface area (Å²) in [5.41, 5.74) is 1.15. The van der Waals surface area contributed by atoms with Crippen molar-refractivity contribution in [3.8, 4) is 0 Å². The molecule has 0 saturated heterocycles. The molecule has 0 bridgehead atoms. The summed E-state index contributed by atoms with van der Waals surface area (Å²) in [7, 11) is 5.02. The van der Waals surface area contributed by atoms with Crippen molar-refractivity contribution in [1.82, 2.24) is 19.9 Å². The van der Waals surface area contributed by atoms with Crippen molar-refractivity contribution in [1.29, 1.82) is 0 Å². The third-order valence-corrected chi connectivity index (χ3v) is 4.16. The van der Waals surface area contributed by atoms with Gasteiger partial charge in [-0.3, -0.25) is 14.6 Å². The molecule has 8 heteroatoms. The van der Waals surface area contributed by atoms with Gasteiger partial charge < -0.3 is 14.8 Å².